The number of imide groups is 1. The van der Waals surface area contributed by atoms with Crippen molar-refractivity contribution < 1.29 is 26.8 Å². The van der Waals surface area contributed by atoms with Crippen LogP contribution in [0.5, 0.6) is 0 Å². The van der Waals surface area contributed by atoms with Crippen LogP contribution < -0.4 is 5.32 Å². The molecule has 1 aromatic rings. The lowest BCUT2D eigenvalue weighted by molar-refractivity contribution is -0.129. The fourth-order valence-electron chi connectivity index (χ4n) is 3.29. The second-order valence-corrected chi connectivity index (χ2v) is 8.73. The second-order valence-electron chi connectivity index (χ2n) is 6.80. The third-order valence-electron chi connectivity index (χ3n) is 4.89. The highest BCUT2D eigenvalue weighted by molar-refractivity contribution is 7.89. The van der Waals surface area contributed by atoms with Gasteiger partial charge in [0.15, 0.2) is 11.6 Å². The molecule has 2 fully saturated rings. The summed E-state index contributed by atoms with van der Waals surface area (Å²) in [5.74, 6) is -2.61. The van der Waals surface area contributed by atoms with Crippen LogP contribution in [0.1, 0.15) is 19.8 Å². The van der Waals surface area contributed by atoms with E-state index in [0.29, 0.717) is 25.6 Å². The zero-order valence-electron chi connectivity index (χ0n) is 15.4. The largest absolute Gasteiger partial charge is 0.326 e. The first-order valence-electron chi connectivity index (χ1n) is 9.03. The Morgan fingerprint density at radius 2 is 1.79 bits per heavy atom. The number of amides is 3. The van der Waals surface area contributed by atoms with Gasteiger partial charge in [-0.05, 0) is 24.6 Å². The molecule has 2 heterocycles. The number of hydrogen-bond donors (Lipinski definition) is 1. The maximum absolute atomic E-state index is 13.4. The summed E-state index contributed by atoms with van der Waals surface area (Å²) >= 11 is 0. The first-order valence-corrected chi connectivity index (χ1v) is 10.5. The molecule has 8 nitrogen and oxygen atoms in total. The van der Waals surface area contributed by atoms with E-state index in [4.69, 9.17) is 0 Å². The normalized spacial score (nSPS) is 22.0. The number of hydrogen-bond acceptors (Lipinski definition) is 5. The molecule has 1 atom stereocenters. The molecule has 0 radical (unpaired) electrons. The summed E-state index contributed by atoms with van der Waals surface area (Å²) in [4.78, 5) is 26.9. The molecule has 3 amide bonds. The van der Waals surface area contributed by atoms with E-state index in [0.717, 1.165) is 23.5 Å². The number of sulfonamides is 1. The van der Waals surface area contributed by atoms with Gasteiger partial charge >= 0.3 is 6.03 Å². The van der Waals surface area contributed by atoms with E-state index < -0.39 is 33.7 Å². The minimum absolute atomic E-state index is 0.0872. The second kappa shape index (κ2) is 8.10. The molecule has 0 spiro atoms. The van der Waals surface area contributed by atoms with Gasteiger partial charge in [-0.3, -0.25) is 9.69 Å². The molecule has 1 N–H and O–H groups in total. The number of halogens is 2. The van der Waals surface area contributed by atoms with Crippen LogP contribution in [-0.4, -0.2) is 73.4 Å². The average Bonchev–Trinajstić information content (AvgIpc) is 2.92. The molecule has 2 aliphatic heterocycles. The van der Waals surface area contributed by atoms with Crippen molar-refractivity contribution in [2.24, 2.45) is 0 Å². The van der Waals surface area contributed by atoms with Gasteiger partial charge in [0.1, 0.15) is 6.04 Å². The van der Waals surface area contributed by atoms with E-state index in [2.05, 4.69) is 5.32 Å². The van der Waals surface area contributed by atoms with Crippen LogP contribution in [0.3, 0.4) is 0 Å². The summed E-state index contributed by atoms with van der Waals surface area (Å²) in [6, 6.07) is 1.52. The smallest absolute Gasteiger partial charge is 0.325 e. The topological polar surface area (TPSA) is 90.0 Å². The van der Waals surface area contributed by atoms with Crippen LogP contribution >= 0.6 is 0 Å². The van der Waals surface area contributed by atoms with E-state index in [1.165, 1.54) is 4.31 Å². The van der Waals surface area contributed by atoms with Crippen molar-refractivity contribution in [1.29, 1.82) is 0 Å². The first-order chi connectivity index (χ1) is 13.2. The van der Waals surface area contributed by atoms with E-state index >= 15 is 0 Å². The van der Waals surface area contributed by atoms with Crippen LogP contribution in [0.25, 0.3) is 0 Å². The lowest BCUT2D eigenvalue weighted by atomic mass is 10.2. The Morgan fingerprint density at radius 3 is 2.39 bits per heavy atom. The molecule has 0 aliphatic carbocycles. The predicted octanol–water partition coefficient (Wildman–Crippen LogP) is 0.949. The Labute approximate surface area is 162 Å². The van der Waals surface area contributed by atoms with Crippen molar-refractivity contribution in [2.75, 3.05) is 32.8 Å². The molecule has 154 valence electrons. The van der Waals surface area contributed by atoms with Gasteiger partial charge in [-0.1, -0.05) is 13.3 Å². The fraction of sp³-hybridized carbons (Fsp3) is 0.529. The molecule has 1 aromatic carbocycles. The number of rotatable bonds is 6. The molecule has 0 aromatic heterocycles. The van der Waals surface area contributed by atoms with E-state index in [-0.39, 0.29) is 30.6 Å². The summed E-state index contributed by atoms with van der Waals surface area (Å²) in [6.45, 7) is 2.85. The van der Waals surface area contributed by atoms with E-state index in [1.54, 1.807) is 0 Å². The van der Waals surface area contributed by atoms with Crippen molar-refractivity contribution in [3.8, 4) is 0 Å². The number of piperazine rings is 1. The number of carbonyl (C=O) groups is 2. The van der Waals surface area contributed by atoms with Crippen LogP contribution in [-0.2, 0) is 14.8 Å². The minimum atomic E-state index is -3.95. The van der Waals surface area contributed by atoms with Crippen LogP contribution in [0.15, 0.2) is 23.1 Å². The zero-order chi connectivity index (χ0) is 20.5. The van der Waals surface area contributed by atoms with Crippen LogP contribution in [0.2, 0.25) is 0 Å². The van der Waals surface area contributed by atoms with Crippen LogP contribution in [0.4, 0.5) is 13.6 Å². The van der Waals surface area contributed by atoms with Gasteiger partial charge in [0, 0.05) is 26.2 Å². The van der Waals surface area contributed by atoms with E-state index in [1.807, 2.05) is 11.8 Å². The molecule has 3 rings (SSSR count). The molecule has 0 bridgehead atoms. The maximum atomic E-state index is 13.4. The summed E-state index contributed by atoms with van der Waals surface area (Å²) in [6.07, 6.45) is 1.34. The highest BCUT2D eigenvalue weighted by Gasteiger charge is 2.39. The average molecular weight is 416 g/mol. The first kappa shape index (κ1) is 20.6. The minimum Gasteiger partial charge on any atom is -0.326 e. The Morgan fingerprint density at radius 1 is 1.11 bits per heavy atom. The molecular weight excluding hydrogens is 394 g/mol. The van der Waals surface area contributed by atoms with Crippen molar-refractivity contribution >= 4 is 22.0 Å². The summed E-state index contributed by atoms with van der Waals surface area (Å²) in [5, 5.41) is 2.65. The fourth-order valence-corrected chi connectivity index (χ4v) is 4.73. The van der Waals surface area contributed by atoms with E-state index in [9.17, 15) is 26.8 Å². The van der Waals surface area contributed by atoms with Crippen molar-refractivity contribution in [3.63, 3.8) is 0 Å². The summed E-state index contributed by atoms with van der Waals surface area (Å²) in [5.41, 5.74) is 0. The highest BCUT2D eigenvalue weighted by Crippen LogP contribution is 2.20. The van der Waals surface area contributed by atoms with Crippen molar-refractivity contribution in [3.05, 3.63) is 29.8 Å². The molecule has 2 aliphatic rings. The quantitative estimate of drug-likeness (QED) is 0.698. The SMILES string of the molecule is CCCC1NC(=O)N(CN2CCN(S(=O)(=O)c3ccc(F)c(F)c3)CC2)C1=O. The molecule has 2 saturated heterocycles. The van der Waals surface area contributed by atoms with Gasteiger partial charge in [0.25, 0.3) is 5.91 Å². The molecule has 28 heavy (non-hydrogen) atoms. The lowest BCUT2D eigenvalue weighted by Crippen LogP contribution is -2.52. The Bertz CT molecular complexity index is 872. The Balaban J connectivity index is 1.60. The predicted molar refractivity (Wildman–Crippen MR) is 95.6 cm³/mol. The Kier molecular flexibility index (Phi) is 5.96. The van der Waals surface area contributed by atoms with Crippen LogP contribution in [0, 0.1) is 11.6 Å². The van der Waals surface area contributed by atoms with Crippen molar-refractivity contribution in [1.82, 2.24) is 19.4 Å². The summed E-state index contributed by atoms with van der Waals surface area (Å²) in [7, 11) is -3.95. The van der Waals surface area contributed by atoms with Gasteiger partial charge in [-0.15, -0.1) is 0 Å². The van der Waals surface area contributed by atoms with Gasteiger partial charge in [0.05, 0.1) is 11.6 Å². The highest BCUT2D eigenvalue weighted by atomic mass is 32.2. The third kappa shape index (κ3) is 4.01. The van der Waals surface area contributed by atoms with Gasteiger partial charge in [-0.25, -0.2) is 26.9 Å². The lowest BCUT2D eigenvalue weighted by Gasteiger charge is -2.35. The molecule has 0 saturated carbocycles. The summed E-state index contributed by atoms with van der Waals surface area (Å²) < 4.78 is 52.8. The third-order valence-corrected chi connectivity index (χ3v) is 6.78. The van der Waals surface area contributed by atoms with Gasteiger partial charge in [-0.2, -0.15) is 4.31 Å². The maximum Gasteiger partial charge on any atom is 0.325 e. The number of carbonyl (C=O) groups excluding carboxylic acids is 2. The number of nitrogens with one attached hydrogen (secondary N) is 1. The molecular formula is C17H22F2N4O4S. The molecule has 1 unspecified atom stereocenters. The van der Waals surface area contributed by atoms with Gasteiger partial charge in [0.2, 0.25) is 10.0 Å². The standard InChI is InChI=1S/C17H22F2N4O4S/c1-2-3-15-16(24)23(17(25)20-15)11-21-6-8-22(9-7-21)28(26,27)12-4-5-13(18)14(19)10-12/h4-5,10,15H,2-3,6-9,11H2,1H3,(H,20,25). The molecule has 11 heteroatoms. The van der Waals surface area contributed by atoms with Crippen molar-refractivity contribution in [2.45, 2.75) is 30.7 Å². The number of urea groups is 1. The van der Waals surface area contributed by atoms with Gasteiger partial charge < -0.3 is 5.32 Å². The Hall–Kier alpha value is -2.11. The zero-order valence-corrected chi connectivity index (χ0v) is 16.2. The number of nitrogens with zero attached hydrogens (tertiary/aromatic N) is 3. The number of benzene rings is 1. The monoisotopic (exact) mass is 416 g/mol.